The number of hydrogen-bond donors (Lipinski definition) is 1. The van der Waals surface area contributed by atoms with Crippen molar-refractivity contribution >= 4 is 22.2 Å². The fourth-order valence-corrected chi connectivity index (χ4v) is 3.93. The molecule has 2 aromatic rings. The van der Waals surface area contributed by atoms with Gasteiger partial charge >= 0.3 is 0 Å². The minimum Gasteiger partial charge on any atom is -0.318 e. The van der Waals surface area contributed by atoms with Gasteiger partial charge in [-0.05, 0) is 44.9 Å². The predicted octanol–water partition coefficient (Wildman–Crippen LogP) is 3.95. The molecule has 0 saturated carbocycles. The molecule has 0 aliphatic carbocycles. The summed E-state index contributed by atoms with van der Waals surface area (Å²) < 4.78 is 0. The van der Waals surface area contributed by atoms with Crippen molar-refractivity contribution in [3.05, 3.63) is 39.9 Å². The minimum absolute atomic E-state index is 0.925. The smallest absolute Gasteiger partial charge is 0.190 e. The van der Waals surface area contributed by atoms with E-state index in [1.54, 1.807) is 0 Å². The van der Waals surface area contributed by atoms with Gasteiger partial charge in [0.15, 0.2) is 5.13 Å². The van der Waals surface area contributed by atoms with Crippen LogP contribution in [0.15, 0.2) is 18.2 Å². The Hall–Kier alpha value is -1.39. The molecule has 1 aromatic heterocycles. The number of nitrogens with one attached hydrogen (secondary N) is 1. The normalized spacial score (nSPS) is 14.3. The topological polar surface area (TPSA) is 28.2 Å². The number of anilines is 2. The Morgan fingerprint density at radius 3 is 3.00 bits per heavy atom. The maximum Gasteiger partial charge on any atom is 0.190 e. The van der Waals surface area contributed by atoms with Gasteiger partial charge < -0.3 is 10.2 Å². The molecule has 1 aliphatic heterocycles. The van der Waals surface area contributed by atoms with Crippen molar-refractivity contribution in [3.63, 3.8) is 0 Å². The molecule has 0 atom stereocenters. The molecule has 0 fully saturated rings. The van der Waals surface area contributed by atoms with Crippen molar-refractivity contribution in [2.75, 3.05) is 18.0 Å². The zero-order valence-electron chi connectivity index (χ0n) is 13.1. The molecule has 3 rings (SSSR count). The lowest BCUT2D eigenvalue weighted by atomic mass is 10.00. The number of fused-ring (bicyclic) bond motifs is 1. The van der Waals surface area contributed by atoms with Crippen LogP contribution in [-0.2, 0) is 13.0 Å². The molecule has 21 heavy (non-hydrogen) atoms. The zero-order chi connectivity index (χ0) is 14.8. The summed E-state index contributed by atoms with van der Waals surface area (Å²) >= 11 is 1.83. The minimum atomic E-state index is 0.925. The quantitative estimate of drug-likeness (QED) is 0.926. The number of hydrogen-bond acceptors (Lipinski definition) is 4. The van der Waals surface area contributed by atoms with Gasteiger partial charge in [-0.15, -0.1) is 0 Å². The second-order valence-electron chi connectivity index (χ2n) is 5.67. The molecule has 0 spiro atoms. The first-order valence-electron chi connectivity index (χ1n) is 7.73. The summed E-state index contributed by atoms with van der Waals surface area (Å²) in [5.74, 6) is 0. The molecule has 112 valence electrons. The van der Waals surface area contributed by atoms with Gasteiger partial charge in [-0.2, -0.15) is 0 Å². The van der Waals surface area contributed by atoms with Crippen LogP contribution in [0.3, 0.4) is 0 Å². The van der Waals surface area contributed by atoms with Gasteiger partial charge in [0, 0.05) is 23.7 Å². The fourth-order valence-electron chi connectivity index (χ4n) is 2.86. The van der Waals surface area contributed by atoms with Crippen molar-refractivity contribution in [1.29, 1.82) is 0 Å². The molecule has 1 N–H and O–H groups in total. The van der Waals surface area contributed by atoms with E-state index in [1.165, 1.54) is 34.5 Å². The summed E-state index contributed by atoms with van der Waals surface area (Å²) in [4.78, 5) is 8.56. The maximum absolute atomic E-state index is 4.81. The van der Waals surface area contributed by atoms with E-state index in [0.717, 1.165) is 30.5 Å². The summed E-state index contributed by atoms with van der Waals surface area (Å²) in [6.45, 7) is 9.42. The maximum atomic E-state index is 4.81. The third-order valence-corrected chi connectivity index (χ3v) is 5.18. The van der Waals surface area contributed by atoms with Crippen LogP contribution in [0, 0.1) is 13.8 Å². The summed E-state index contributed by atoms with van der Waals surface area (Å²) in [7, 11) is 0. The highest BCUT2D eigenvalue weighted by Gasteiger charge is 2.21. The Bertz CT molecular complexity index is 633. The van der Waals surface area contributed by atoms with Crippen molar-refractivity contribution in [2.24, 2.45) is 0 Å². The number of thiazole rings is 1. The molecule has 3 nitrogen and oxygen atoms in total. The van der Waals surface area contributed by atoms with Gasteiger partial charge in [0.25, 0.3) is 0 Å². The van der Waals surface area contributed by atoms with Crippen molar-refractivity contribution in [1.82, 2.24) is 10.3 Å². The van der Waals surface area contributed by atoms with Crippen LogP contribution >= 0.6 is 11.3 Å². The van der Waals surface area contributed by atoms with Gasteiger partial charge in [0.2, 0.25) is 0 Å². The zero-order valence-corrected chi connectivity index (χ0v) is 13.9. The second-order valence-corrected chi connectivity index (χ2v) is 6.73. The van der Waals surface area contributed by atoms with Crippen LogP contribution in [0.4, 0.5) is 10.8 Å². The van der Waals surface area contributed by atoms with E-state index in [-0.39, 0.29) is 0 Å². The second kappa shape index (κ2) is 6.16. The van der Waals surface area contributed by atoms with Crippen molar-refractivity contribution in [3.8, 4) is 0 Å². The van der Waals surface area contributed by atoms with Crippen LogP contribution in [-0.4, -0.2) is 18.1 Å². The monoisotopic (exact) mass is 301 g/mol. The van der Waals surface area contributed by atoms with E-state index < -0.39 is 0 Å². The van der Waals surface area contributed by atoms with Crippen molar-refractivity contribution in [2.45, 2.75) is 40.2 Å². The van der Waals surface area contributed by atoms with E-state index in [1.807, 2.05) is 11.3 Å². The van der Waals surface area contributed by atoms with Gasteiger partial charge in [0.1, 0.15) is 0 Å². The Labute approximate surface area is 131 Å². The molecular formula is C17H23N3S. The number of aromatic nitrogens is 1. The first kappa shape index (κ1) is 14.5. The summed E-state index contributed by atoms with van der Waals surface area (Å²) in [6, 6.07) is 6.78. The lowest BCUT2D eigenvalue weighted by Crippen LogP contribution is -2.24. The van der Waals surface area contributed by atoms with Crippen LogP contribution < -0.4 is 10.2 Å². The number of nitrogens with zero attached hydrogens (tertiary/aromatic N) is 2. The number of benzene rings is 1. The molecule has 0 amide bonds. The Kier molecular flexibility index (Phi) is 4.27. The average molecular weight is 301 g/mol. The summed E-state index contributed by atoms with van der Waals surface area (Å²) in [5, 5.41) is 4.54. The molecule has 0 bridgehead atoms. The molecule has 0 unspecified atom stereocenters. The highest BCUT2D eigenvalue weighted by molar-refractivity contribution is 7.15. The Balaban J connectivity index is 1.92. The lowest BCUT2D eigenvalue weighted by molar-refractivity contribution is 0.730. The number of rotatable bonds is 4. The molecule has 2 heterocycles. The third-order valence-electron chi connectivity index (χ3n) is 4.00. The summed E-state index contributed by atoms with van der Waals surface area (Å²) in [5.41, 5.74) is 5.31. The van der Waals surface area contributed by atoms with Crippen LogP contribution in [0.25, 0.3) is 0 Å². The predicted molar refractivity (Wildman–Crippen MR) is 90.7 cm³/mol. The van der Waals surface area contributed by atoms with Crippen molar-refractivity contribution < 1.29 is 0 Å². The van der Waals surface area contributed by atoms with E-state index in [4.69, 9.17) is 4.98 Å². The molecule has 0 saturated heterocycles. The highest BCUT2D eigenvalue weighted by atomic mass is 32.1. The van der Waals surface area contributed by atoms with E-state index in [2.05, 4.69) is 49.2 Å². The van der Waals surface area contributed by atoms with E-state index in [0.29, 0.717) is 0 Å². The SMILES string of the molecule is CCNCc1sc(N2CCCc3cc(C)ccc32)nc1C. The van der Waals surface area contributed by atoms with Gasteiger partial charge in [-0.3, -0.25) is 0 Å². The molecular weight excluding hydrogens is 278 g/mol. The third kappa shape index (κ3) is 2.97. The van der Waals surface area contributed by atoms with Crippen LogP contribution in [0.1, 0.15) is 35.0 Å². The molecule has 1 aliphatic rings. The van der Waals surface area contributed by atoms with E-state index in [9.17, 15) is 0 Å². The molecule has 1 aromatic carbocycles. The standard InChI is InChI=1S/C17H23N3S/c1-4-18-11-16-13(3)19-17(21-16)20-9-5-6-14-10-12(2)7-8-15(14)20/h7-8,10,18H,4-6,9,11H2,1-3H3. The van der Waals surface area contributed by atoms with Gasteiger partial charge in [0.05, 0.1) is 5.69 Å². The van der Waals surface area contributed by atoms with Crippen LogP contribution in [0.5, 0.6) is 0 Å². The molecule has 4 heteroatoms. The van der Waals surface area contributed by atoms with Gasteiger partial charge in [-0.25, -0.2) is 4.98 Å². The fraction of sp³-hybridized carbons (Fsp3) is 0.471. The first-order valence-corrected chi connectivity index (χ1v) is 8.54. The Morgan fingerprint density at radius 2 is 2.19 bits per heavy atom. The first-order chi connectivity index (χ1) is 10.2. The number of aryl methyl sites for hydroxylation is 3. The van der Waals surface area contributed by atoms with Gasteiger partial charge in [-0.1, -0.05) is 36.0 Å². The lowest BCUT2D eigenvalue weighted by Gasteiger charge is -2.29. The van der Waals surface area contributed by atoms with E-state index >= 15 is 0 Å². The van der Waals surface area contributed by atoms with Crippen LogP contribution in [0.2, 0.25) is 0 Å². The average Bonchev–Trinajstić information content (AvgIpc) is 2.85. The summed E-state index contributed by atoms with van der Waals surface area (Å²) in [6.07, 6.45) is 2.39. The largest absolute Gasteiger partial charge is 0.318 e. The molecule has 0 radical (unpaired) electrons. The highest BCUT2D eigenvalue weighted by Crippen LogP contribution is 2.37. The Morgan fingerprint density at radius 1 is 1.33 bits per heavy atom.